The second-order valence-corrected chi connectivity index (χ2v) is 7.56. The number of fused-ring (bicyclic) bond motifs is 2. The molecule has 1 saturated carbocycles. The van der Waals surface area contributed by atoms with Crippen LogP contribution < -0.4 is 10.5 Å². The van der Waals surface area contributed by atoms with Crippen LogP contribution in [0.15, 0.2) is 36.4 Å². The van der Waals surface area contributed by atoms with E-state index in [0.29, 0.717) is 40.7 Å². The average molecular weight is 384 g/mol. The van der Waals surface area contributed by atoms with Crippen molar-refractivity contribution in [2.75, 3.05) is 12.8 Å². The summed E-state index contributed by atoms with van der Waals surface area (Å²) >= 11 is 0. The van der Waals surface area contributed by atoms with Gasteiger partial charge in [0.25, 0.3) is 5.91 Å². The quantitative estimate of drug-likeness (QED) is 0.740. The number of para-hydroxylation sites is 1. The number of nitrogens with zero attached hydrogens (tertiary/aromatic N) is 3. The zero-order valence-corrected chi connectivity index (χ0v) is 16.1. The molecule has 6 heteroatoms. The fourth-order valence-corrected chi connectivity index (χ4v) is 4.34. The molecule has 1 aliphatic carbocycles. The van der Waals surface area contributed by atoms with Crippen LogP contribution in [-0.4, -0.2) is 28.9 Å². The van der Waals surface area contributed by atoms with Gasteiger partial charge in [0.15, 0.2) is 0 Å². The number of amides is 1. The summed E-state index contributed by atoms with van der Waals surface area (Å²) < 4.78 is 5.36. The molecule has 1 aromatic heterocycles. The van der Waals surface area contributed by atoms with Crippen LogP contribution in [0.2, 0.25) is 0 Å². The summed E-state index contributed by atoms with van der Waals surface area (Å²) in [5.74, 6) is 0.503. The van der Waals surface area contributed by atoms with Crippen molar-refractivity contribution in [1.82, 2.24) is 9.88 Å². The average Bonchev–Trinajstić information content (AvgIpc) is 3.02. The molecule has 0 unspecified atom stereocenters. The minimum atomic E-state index is -0.0129. The van der Waals surface area contributed by atoms with Gasteiger partial charge in [-0.05, 0) is 25.3 Å². The third kappa shape index (κ3) is 2.47. The number of rotatable bonds is 3. The van der Waals surface area contributed by atoms with Gasteiger partial charge >= 0.3 is 0 Å². The van der Waals surface area contributed by atoms with Crippen molar-refractivity contribution in [2.45, 2.75) is 31.8 Å². The third-order valence-electron chi connectivity index (χ3n) is 6.09. The summed E-state index contributed by atoms with van der Waals surface area (Å²) in [7, 11) is 1.55. The monoisotopic (exact) mass is 384 g/mol. The molecule has 2 aliphatic rings. The number of methoxy groups -OCH3 is 1. The SMILES string of the molecule is COc1cccc(-c2cccc3c(N)c4c(nc23)CN(C2CCC2)C4=O)c1C#N. The zero-order chi connectivity index (χ0) is 20.1. The Morgan fingerprint density at radius 2 is 1.97 bits per heavy atom. The maximum absolute atomic E-state index is 13.0. The van der Waals surface area contributed by atoms with E-state index in [4.69, 9.17) is 15.5 Å². The van der Waals surface area contributed by atoms with Gasteiger partial charge in [0.1, 0.15) is 17.4 Å². The molecule has 0 atom stereocenters. The van der Waals surface area contributed by atoms with E-state index in [9.17, 15) is 10.1 Å². The number of carbonyl (C=O) groups excluding carboxylic acids is 1. The predicted octanol–water partition coefficient (Wildman–Crippen LogP) is 3.87. The maximum atomic E-state index is 13.0. The van der Waals surface area contributed by atoms with Gasteiger partial charge in [-0.3, -0.25) is 4.79 Å². The molecule has 29 heavy (non-hydrogen) atoms. The normalized spacial score (nSPS) is 15.9. The highest BCUT2D eigenvalue weighted by atomic mass is 16.5. The minimum Gasteiger partial charge on any atom is -0.495 e. The van der Waals surface area contributed by atoms with Crippen molar-refractivity contribution in [3.8, 4) is 22.9 Å². The van der Waals surface area contributed by atoms with Gasteiger partial charge in [-0.15, -0.1) is 0 Å². The Kier molecular flexibility index (Phi) is 3.92. The zero-order valence-electron chi connectivity index (χ0n) is 16.1. The highest BCUT2D eigenvalue weighted by molar-refractivity contribution is 6.11. The Hall–Kier alpha value is -3.59. The number of nitrogen functional groups attached to an aromatic ring is 1. The van der Waals surface area contributed by atoms with Crippen molar-refractivity contribution >= 4 is 22.5 Å². The lowest BCUT2D eigenvalue weighted by Gasteiger charge is -2.34. The first-order valence-corrected chi connectivity index (χ1v) is 9.73. The summed E-state index contributed by atoms with van der Waals surface area (Å²) in [6.45, 7) is 0.497. The minimum absolute atomic E-state index is 0.0129. The van der Waals surface area contributed by atoms with Crippen molar-refractivity contribution in [3.05, 3.63) is 53.2 Å². The number of nitriles is 1. The van der Waals surface area contributed by atoms with Gasteiger partial charge in [-0.25, -0.2) is 4.98 Å². The molecule has 1 aliphatic heterocycles. The van der Waals surface area contributed by atoms with Crippen molar-refractivity contribution in [3.63, 3.8) is 0 Å². The lowest BCUT2D eigenvalue weighted by atomic mass is 9.92. The van der Waals surface area contributed by atoms with Gasteiger partial charge in [0, 0.05) is 22.6 Å². The Labute approximate surface area is 168 Å². The van der Waals surface area contributed by atoms with E-state index in [1.54, 1.807) is 13.2 Å². The number of aromatic nitrogens is 1. The van der Waals surface area contributed by atoms with E-state index >= 15 is 0 Å². The molecule has 0 saturated heterocycles. The largest absolute Gasteiger partial charge is 0.495 e. The molecule has 2 heterocycles. The van der Waals surface area contributed by atoms with Crippen LogP contribution in [0.25, 0.3) is 22.0 Å². The van der Waals surface area contributed by atoms with E-state index in [1.165, 1.54) is 0 Å². The Morgan fingerprint density at radius 3 is 2.66 bits per heavy atom. The van der Waals surface area contributed by atoms with Crippen molar-refractivity contribution in [2.24, 2.45) is 0 Å². The summed E-state index contributed by atoms with van der Waals surface area (Å²) in [4.78, 5) is 19.8. The van der Waals surface area contributed by atoms with E-state index in [-0.39, 0.29) is 5.91 Å². The number of benzene rings is 2. The fraction of sp³-hybridized carbons (Fsp3) is 0.261. The van der Waals surface area contributed by atoms with E-state index in [1.807, 2.05) is 35.2 Å². The van der Waals surface area contributed by atoms with E-state index < -0.39 is 0 Å². The Bertz CT molecular complexity index is 1210. The van der Waals surface area contributed by atoms with E-state index in [2.05, 4.69) is 6.07 Å². The first kappa shape index (κ1) is 17.5. The lowest BCUT2D eigenvalue weighted by molar-refractivity contribution is 0.0606. The standard InChI is InChI=1S/C23H20N4O2/c1-29-19-10-4-7-14(17(19)11-24)15-8-3-9-16-21(25)20-18(26-22(15)16)12-27(23(20)28)13-5-2-6-13/h3-4,7-10,13H,2,5-6,12H2,1H3,(H2,25,26). The topological polar surface area (TPSA) is 92.2 Å². The van der Waals surface area contributed by atoms with Gasteiger partial charge in [-0.1, -0.05) is 30.3 Å². The molecule has 144 valence electrons. The second kappa shape index (κ2) is 6.49. The molecule has 1 fully saturated rings. The number of hydrogen-bond acceptors (Lipinski definition) is 5. The Balaban J connectivity index is 1.73. The summed E-state index contributed by atoms with van der Waals surface area (Å²) in [6.07, 6.45) is 3.24. The Morgan fingerprint density at radius 1 is 1.21 bits per heavy atom. The smallest absolute Gasteiger partial charge is 0.258 e. The van der Waals surface area contributed by atoms with Crippen molar-refractivity contribution < 1.29 is 9.53 Å². The van der Waals surface area contributed by atoms with Crippen LogP contribution in [0.4, 0.5) is 5.69 Å². The first-order chi connectivity index (χ1) is 14.1. The third-order valence-corrected chi connectivity index (χ3v) is 6.09. The molecule has 6 nitrogen and oxygen atoms in total. The van der Waals surface area contributed by atoms with Gasteiger partial charge in [-0.2, -0.15) is 5.26 Å². The lowest BCUT2D eigenvalue weighted by Crippen LogP contribution is -2.40. The maximum Gasteiger partial charge on any atom is 0.258 e. The van der Waals surface area contributed by atoms with Crippen LogP contribution >= 0.6 is 0 Å². The van der Waals surface area contributed by atoms with E-state index in [0.717, 1.165) is 41.5 Å². The number of pyridine rings is 1. The number of anilines is 1. The summed E-state index contributed by atoms with van der Waals surface area (Å²) in [5.41, 5.74) is 10.9. The van der Waals surface area contributed by atoms with Crippen molar-refractivity contribution in [1.29, 1.82) is 5.26 Å². The highest BCUT2D eigenvalue weighted by Crippen LogP contribution is 2.40. The van der Waals surface area contributed by atoms with Crippen LogP contribution in [0.3, 0.4) is 0 Å². The van der Waals surface area contributed by atoms with Crippen LogP contribution in [0.1, 0.15) is 40.9 Å². The number of nitrogens with two attached hydrogens (primary N) is 1. The van der Waals surface area contributed by atoms with Crippen LogP contribution in [0.5, 0.6) is 5.75 Å². The van der Waals surface area contributed by atoms with Gasteiger partial charge in [0.05, 0.1) is 36.1 Å². The molecule has 2 N–H and O–H groups in total. The van der Waals surface area contributed by atoms with Crippen LogP contribution in [-0.2, 0) is 6.54 Å². The van der Waals surface area contributed by atoms with Gasteiger partial charge in [0.2, 0.25) is 0 Å². The summed E-state index contributed by atoms with van der Waals surface area (Å²) in [5, 5.41) is 10.4. The molecule has 0 bridgehead atoms. The van der Waals surface area contributed by atoms with Crippen LogP contribution in [0, 0.1) is 11.3 Å². The first-order valence-electron chi connectivity index (χ1n) is 9.73. The number of ether oxygens (including phenoxy) is 1. The molecule has 1 amide bonds. The molecule has 2 aromatic carbocycles. The molecular formula is C23H20N4O2. The predicted molar refractivity (Wildman–Crippen MR) is 110 cm³/mol. The molecule has 0 spiro atoms. The fourth-order valence-electron chi connectivity index (χ4n) is 4.34. The molecule has 0 radical (unpaired) electrons. The number of carbonyl (C=O) groups is 1. The molecular weight excluding hydrogens is 364 g/mol. The van der Waals surface area contributed by atoms with Gasteiger partial charge < -0.3 is 15.4 Å². The highest BCUT2D eigenvalue weighted by Gasteiger charge is 2.38. The molecule has 5 rings (SSSR count). The second-order valence-electron chi connectivity index (χ2n) is 7.56. The number of hydrogen-bond donors (Lipinski definition) is 1. The summed E-state index contributed by atoms with van der Waals surface area (Å²) in [6, 6.07) is 13.7. The molecule has 3 aromatic rings.